The van der Waals surface area contributed by atoms with Gasteiger partial charge >= 0.3 is 18.5 Å². The highest BCUT2D eigenvalue weighted by atomic mass is 16.8. The molecule has 0 unspecified atom stereocenters. The lowest BCUT2D eigenvalue weighted by Crippen LogP contribution is -1.97. The lowest BCUT2D eigenvalue weighted by Gasteiger charge is -1.89. The van der Waals surface area contributed by atoms with Crippen molar-refractivity contribution in [3.8, 4) is 0 Å². The predicted molar refractivity (Wildman–Crippen MR) is 63.2 cm³/mol. The van der Waals surface area contributed by atoms with Crippen molar-refractivity contribution in [2.45, 2.75) is 6.92 Å². The van der Waals surface area contributed by atoms with Crippen LogP contribution < -0.4 is 0 Å². The van der Waals surface area contributed by atoms with Crippen LogP contribution in [0.25, 0.3) is 0 Å². The summed E-state index contributed by atoms with van der Waals surface area (Å²) in [5.41, 5.74) is 0. The fraction of sp³-hybridized carbons (Fsp3) is 0.500. The third kappa shape index (κ3) is 39.1. The molecule has 1 saturated heterocycles. The zero-order chi connectivity index (χ0) is 15.7. The molecule has 0 atom stereocenters. The number of allylic oxidation sites excluding steroid dienone is 1. The van der Waals surface area contributed by atoms with Gasteiger partial charge in [0.1, 0.15) is 13.2 Å². The van der Waals surface area contributed by atoms with E-state index in [-0.39, 0.29) is 0 Å². The number of ether oxygens (including phenoxy) is 4. The van der Waals surface area contributed by atoms with Gasteiger partial charge in [-0.05, 0) is 6.92 Å². The normalized spacial score (nSPS) is 10.4. The summed E-state index contributed by atoms with van der Waals surface area (Å²) in [5, 5.41) is 13.9. The Morgan fingerprint density at radius 3 is 1.53 bits per heavy atom. The van der Waals surface area contributed by atoms with E-state index in [2.05, 4.69) is 25.5 Å². The maximum Gasteiger partial charge on any atom is 0.508 e. The van der Waals surface area contributed by atoms with Crippen LogP contribution in [0.3, 0.4) is 0 Å². The van der Waals surface area contributed by atoms with E-state index in [0.717, 1.165) is 0 Å². The molecule has 0 saturated carbocycles. The number of cyclic esters (lactones) is 2. The summed E-state index contributed by atoms with van der Waals surface area (Å²) in [4.78, 5) is 28.1. The molecule has 2 N–H and O–H groups in total. The predicted octanol–water partition coefficient (Wildman–Crippen LogP) is 1.97. The van der Waals surface area contributed by atoms with Gasteiger partial charge in [-0.2, -0.15) is 0 Å². The second-order valence-corrected chi connectivity index (χ2v) is 2.30. The molecule has 9 heteroatoms. The van der Waals surface area contributed by atoms with Crippen molar-refractivity contribution >= 4 is 18.5 Å². The van der Waals surface area contributed by atoms with Gasteiger partial charge in [-0.3, -0.25) is 0 Å². The smallest absolute Gasteiger partial charge is 0.450 e. The molecule has 0 aromatic heterocycles. The highest BCUT2D eigenvalue weighted by Crippen LogP contribution is 1.92. The monoisotopic (exact) mass is 282 g/mol. The average molecular weight is 282 g/mol. The Balaban J connectivity index is -0.000000187. The first-order valence-corrected chi connectivity index (χ1v) is 4.76. The number of carbonyl (C=O) groups excluding carboxylic acids is 2. The van der Waals surface area contributed by atoms with Gasteiger partial charge in [0.05, 0.1) is 14.2 Å². The molecule has 0 amide bonds. The second kappa shape index (κ2) is 17.9. The Morgan fingerprint density at radius 1 is 1.21 bits per heavy atom. The van der Waals surface area contributed by atoms with Gasteiger partial charge in [-0.15, -0.1) is 6.58 Å². The van der Waals surface area contributed by atoms with E-state index in [1.54, 1.807) is 6.08 Å². The molecule has 0 spiro atoms. The zero-order valence-corrected chi connectivity index (χ0v) is 11.0. The van der Waals surface area contributed by atoms with Crippen molar-refractivity contribution in [2.75, 3.05) is 27.4 Å². The molecule has 1 aliphatic rings. The molecule has 0 radical (unpaired) electrons. The lowest BCUT2D eigenvalue weighted by molar-refractivity contribution is 0.0923. The Bertz CT molecular complexity index is 242. The fourth-order valence-corrected chi connectivity index (χ4v) is 0.375. The van der Waals surface area contributed by atoms with Crippen LogP contribution in [-0.2, 0) is 18.9 Å². The minimum atomic E-state index is -1.83. The van der Waals surface area contributed by atoms with Crippen LogP contribution in [0.4, 0.5) is 14.4 Å². The third-order valence-corrected chi connectivity index (χ3v) is 0.856. The largest absolute Gasteiger partial charge is 0.508 e. The van der Waals surface area contributed by atoms with Crippen molar-refractivity contribution in [3.63, 3.8) is 0 Å². The SMILES string of the molecule is C=CC.COC(=O)OC.O=C(O)O.O=C1OCCO1. The Hall–Kier alpha value is -2.45. The van der Waals surface area contributed by atoms with E-state index >= 15 is 0 Å². The van der Waals surface area contributed by atoms with Crippen LogP contribution in [0.1, 0.15) is 6.92 Å². The summed E-state index contributed by atoms with van der Waals surface area (Å²) < 4.78 is 16.7. The first-order valence-electron chi connectivity index (χ1n) is 4.76. The van der Waals surface area contributed by atoms with Gasteiger partial charge < -0.3 is 29.2 Å². The van der Waals surface area contributed by atoms with Crippen LogP contribution in [0.15, 0.2) is 12.7 Å². The average Bonchev–Trinajstić information content (AvgIpc) is 2.80. The van der Waals surface area contributed by atoms with Gasteiger partial charge in [-0.1, -0.05) is 6.08 Å². The molecule has 1 rings (SSSR count). The van der Waals surface area contributed by atoms with Gasteiger partial charge in [0, 0.05) is 0 Å². The number of carbonyl (C=O) groups is 3. The third-order valence-electron chi connectivity index (χ3n) is 0.856. The Kier molecular flexibility index (Phi) is 20.6. The topological polar surface area (TPSA) is 129 Å². The van der Waals surface area contributed by atoms with Crippen LogP contribution in [0.5, 0.6) is 0 Å². The first-order chi connectivity index (χ1) is 8.85. The molecular formula is C10H18O9. The van der Waals surface area contributed by atoms with Crippen LogP contribution in [0.2, 0.25) is 0 Å². The summed E-state index contributed by atoms with van der Waals surface area (Å²) in [6.45, 7) is 6.08. The quantitative estimate of drug-likeness (QED) is 0.505. The molecule has 0 aliphatic carbocycles. The molecule has 1 fully saturated rings. The van der Waals surface area contributed by atoms with E-state index in [1.165, 1.54) is 14.2 Å². The first kappa shape index (κ1) is 21.8. The Morgan fingerprint density at radius 2 is 1.47 bits per heavy atom. The van der Waals surface area contributed by atoms with Crippen molar-refractivity contribution in [1.82, 2.24) is 0 Å². The summed E-state index contributed by atoms with van der Waals surface area (Å²) in [7, 11) is 2.51. The number of rotatable bonds is 0. The lowest BCUT2D eigenvalue weighted by atomic mass is 10.8. The maximum atomic E-state index is 9.80. The van der Waals surface area contributed by atoms with Gasteiger partial charge in [-0.25, -0.2) is 14.4 Å². The number of methoxy groups -OCH3 is 2. The highest BCUT2D eigenvalue weighted by Gasteiger charge is 2.09. The molecule has 0 bridgehead atoms. The van der Waals surface area contributed by atoms with E-state index < -0.39 is 18.5 Å². The number of carboxylic acid groups (broad SMARTS) is 2. The van der Waals surface area contributed by atoms with Crippen molar-refractivity contribution in [2.24, 2.45) is 0 Å². The maximum absolute atomic E-state index is 9.80. The Labute approximate surface area is 110 Å². The van der Waals surface area contributed by atoms with Gasteiger partial charge in [0.2, 0.25) is 0 Å². The van der Waals surface area contributed by atoms with Crippen molar-refractivity contribution < 1.29 is 43.5 Å². The molecule has 1 heterocycles. The molecule has 0 aromatic rings. The van der Waals surface area contributed by atoms with E-state index in [4.69, 9.17) is 15.0 Å². The minimum absolute atomic E-state index is 0.416. The molecule has 0 aromatic carbocycles. The number of hydrogen-bond acceptors (Lipinski definition) is 7. The molecule has 112 valence electrons. The second-order valence-electron chi connectivity index (χ2n) is 2.30. The minimum Gasteiger partial charge on any atom is -0.450 e. The molecule has 1 aliphatic heterocycles. The fourth-order valence-electron chi connectivity index (χ4n) is 0.375. The van der Waals surface area contributed by atoms with Gasteiger partial charge in [0.15, 0.2) is 0 Å². The standard InChI is InChI=1S/C3H4O3.C3H6O3.C3H6.CH2O3/c4-3-5-1-2-6-3;1-5-3(4)6-2;1-3-2;2-1(3)4/h1-2H2;1-2H3;3H,1H2,2H3;(H2,2,3,4). The van der Waals surface area contributed by atoms with E-state index in [9.17, 15) is 9.59 Å². The van der Waals surface area contributed by atoms with Crippen molar-refractivity contribution in [3.05, 3.63) is 12.7 Å². The van der Waals surface area contributed by atoms with Crippen LogP contribution in [-0.4, -0.2) is 56.1 Å². The van der Waals surface area contributed by atoms with E-state index in [0.29, 0.717) is 13.2 Å². The molecular weight excluding hydrogens is 264 g/mol. The van der Waals surface area contributed by atoms with E-state index in [1.807, 2.05) is 6.92 Å². The number of hydrogen-bond donors (Lipinski definition) is 2. The van der Waals surface area contributed by atoms with Crippen molar-refractivity contribution in [1.29, 1.82) is 0 Å². The summed E-state index contributed by atoms with van der Waals surface area (Å²) in [6, 6.07) is 0. The molecule has 9 nitrogen and oxygen atoms in total. The van der Waals surface area contributed by atoms with Gasteiger partial charge in [0.25, 0.3) is 0 Å². The van der Waals surface area contributed by atoms with Crippen LogP contribution in [0, 0.1) is 0 Å². The highest BCUT2D eigenvalue weighted by molar-refractivity contribution is 5.61. The zero-order valence-electron chi connectivity index (χ0n) is 11.0. The summed E-state index contributed by atoms with van der Waals surface area (Å²) >= 11 is 0. The molecule has 19 heavy (non-hydrogen) atoms. The summed E-state index contributed by atoms with van der Waals surface area (Å²) in [6.07, 6.45) is -1.29. The van der Waals surface area contributed by atoms with Crippen LogP contribution >= 0.6 is 0 Å². The summed E-state index contributed by atoms with van der Waals surface area (Å²) in [5.74, 6) is 0.